The van der Waals surface area contributed by atoms with Gasteiger partial charge in [-0.1, -0.05) is 6.07 Å². The Morgan fingerprint density at radius 3 is 2.29 bits per heavy atom. The van der Waals surface area contributed by atoms with E-state index >= 15 is 0 Å². The number of rotatable bonds is 8. The van der Waals surface area contributed by atoms with E-state index in [9.17, 15) is 0 Å². The SMILES string of the molecule is COc1cc(CNC(C2CC2)C2CC2)ccc1OC(C)C. The zero-order valence-electron chi connectivity index (χ0n) is 13.4. The Kier molecular flexibility index (Phi) is 4.39. The fraction of sp³-hybridized carbons (Fsp3) is 0.667. The highest BCUT2D eigenvalue weighted by atomic mass is 16.5. The van der Waals surface area contributed by atoms with Gasteiger partial charge in [0.25, 0.3) is 0 Å². The van der Waals surface area contributed by atoms with Crippen molar-refractivity contribution in [3.05, 3.63) is 23.8 Å². The van der Waals surface area contributed by atoms with Crippen molar-refractivity contribution in [2.75, 3.05) is 7.11 Å². The molecule has 0 bridgehead atoms. The minimum atomic E-state index is 0.164. The van der Waals surface area contributed by atoms with Crippen molar-refractivity contribution in [3.63, 3.8) is 0 Å². The summed E-state index contributed by atoms with van der Waals surface area (Å²) in [4.78, 5) is 0. The molecule has 3 heteroatoms. The first-order valence-electron chi connectivity index (χ1n) is 8.24. The molecular weight excluding hydrogens is 262 g/mol. The monoisotopic (exact) mass is 289 g/mol. The van der Waals surface area contributed by atoms with Crippen molar-refractivity contribution < 1.29 is 9.47 Å². The largest absolute Gasteiger partial charge is 0.493 e. The Balaban J connectivity index is 1.62. The molecule has 1 aromatic rings. The van der Waals surface area contributed by atoms with Crippen molar-refractivity contribution in [1.29, 1.82) is 0 Å². The van der Waals surface area contributed by atoms with E-state index in [2.05, 4.69) is 17.4 Å². The van der Waals surface area contributed by atoms with Gasteiger partial charge < -0.3 is 14.8 Å². The third-order valence-corrected chi connectivity index (χ3v) is 4.39. The molecule has 0 aliphatic heterocycles. The Hall–Kier alpha value is -1.22. The van der Waals surface area contributed by atoms with Crippen LogP contribution in [0.3, 0.4) is 0 Å². The van der Waals surface area contributed by atoms with E-state index in [1.807, 2.05) is 19.9 Å². The number of benzene rings is 1. The molecular formula is C18H27NO2. The number of ether oxygens (including phenoxy) is 2. The summed E-state index contributed by atoms with van der Waals surface area (Å²) in [6.07, 6.45) is 5.83. The molecule has 0 unspecified atom stereocenters. The zero-order chi connectivity index (χ0) is 14.8. The maximum absolute atomic E-state index is 5.77. The van der Waals surface area contributed by atoms with Crippen molar-refractivity contribution in [2.45, 2.75) is 58.2 Å². The van der Waals surface area contributed by atoms with E-state index < -0.39 is 0 Å². The van der Waals surface area contributed by atoms with E-state index in [1.54, 1.807) is 7.11 Å². The topological polar surface area (TPSA) is 30.5 Å². The summed E-state index contributed by atoms with van der Waals surface area (Å²) in [5.74, 6) is 3.53. The van der Waals surface area contributed by atoms with Gasteiger partial charge in [-0.15, -0.1) is 0 Å². The lowest BCUT2D eigenvalue weighted by atomic mass is 10.1. The molecule has 0 spiro atoms. The smallest absolute Gasteiger partial charge is 0.161 e. The van der Waals surface area contributed by atoms with Crippen LogP contribution in [-0.4, -0.2) is 19.3 Å². The third-order valence-electron chi connectivity index (χ3n) is 4.39. The highest BCUT2D eigenvalue weighted by Crippen LogP contribution is 2.44. The van der Waals surface area contributed by atoms with Crippen LogP contribution >= 0.6 is 0 Å². The molecule has 21 heavy (non-hydrogen) atoms. The summed E-state index contributed by atoms with van der Waals surface area (Å²) >= 11 is 0. The normalized spacial score (nSPS) is 18.3. The van der Waals surface area contributed by atoms with Gasteiger partial charge in [0.05, 0.1) is 13.2 Å². The van der Waals surface area contributed by atoms with Crippen LogP contribution in [0.4, 0.5) is 0 Å². The van der Waals surface area contributed by atoms with E-state index in [0.717, 1.165) is 35.9 Å². The fourth-order valence-corrected chi connectivity index (χ4v) is 3.04. The Labute approximate surface area is 128 Å². The van der Waals surface area contributed by atoms with Crippen LogP contribution < -0.4 is 14.8 Å². The van der Waals surface area contributed by atoms with Crippen LogP contribution in [0.15, 0.2) is 18.2 Å². The highest BCUT2D eigenvalue weighted by Gasteiger charge is 2.40. The summed E-state index contributed by atoms with van der Waals surface area (Å²) in [6, 6.07) is 7.01. The summed E-state index contributed by atoms with van der Waals surface area (Å²) in [5.41, 5.74) is 1.27. The molecule has 3 nitrogen and oxygen atoms in total. The van der Waals surface area contributed by atoms with Crippen molar-refractivity contribution in [2.24, 2.45) is 11.8 Å². The maximum Gasteiger partial charge on any atom is 0.161 e. The number of nitrogens with one attached hydrogen (secondary N) is 1. The quantitative estimate of drug-likeness (QED) is 0.790. The lowest BCUT2D eigenvalue weighted by molar-refractivity contribution is 0.230. The minimum Gasteiger partial charge on any atom is -0.493 e. The molecule has 1 N–H and O–H groups in total. The highest BCUT2D eigenvalue weighted by molar-refractivity contribution is 5.43. The summed E-state index contributed by atoms with van der Waals surface area (Å²) < 4.78 is 11.2. The van der Waals surface area contributed by atoms with Gasteiger partial charge in [-0.2, -0.15) is 0 Å². The second-order valence-corrected chi connectivity index (χ2v) is 6.73. The van der Waals surface area contributed by atoms with Crippen molar-refractivity contribution >= 4 is 0 Å². The lowest BCUT2D eigenvalue weighted by Gasteiger charge is -2.19. The molecule has 0 amide bonds. The van der Waals surface area contributed by atoms with Crippen LogP contribution in [0.5, 0.6) is 11.5 Å². The second-order valence-electron chi connectivity index (χ2n) is 6.73. The third kappa shape index (κ3) is 3.91. The van der Waals surface area contributed by atoms with Crippen molar-refractivity contribution in [3.8, 4) is 11.5 Å². The molecule has 116 valence electrons. The van der Waals surface area contributed by atoms with Gasteiger partial charge in [-0.05, 0) is 69.1 Å². The van der Waals surface area contributed by atoms with Crippen LogP contribution in [0.2, 0.25) is 0 Å². The first-order valence-corrected chi connectivity index (χ1v) is 8.24. The summed E-state index contributed by atoms with van der Waals surface area (Å²) in [5, 5.41) is 3.78. The van der Waals surface area contributed by atoms with Gasteiger partial charge >= 0.3 is 0 Å². The standard InChI is InChI=1S/C18H27NO2/c1-12(2)21-16-9-4-13(10-17(16)20-3)11-19-18(14-5-6-14)15-7-8-15/h4,9-10,12,14-15,18-19H,5-8,11H2,1-3H3. The number of hydrogen-bond donors (Lipinski definition) is 1. The van der Waals surface area contributed by atoms with Gasteiger partial charge in [0.15, 0.2) is 11.5 Å². The van der Waals surface area contributed by atoms with Crippen LogP contribution in [-0.2, 0) is 6.54 Å². The number of hydrogen-bond acceptors (Lipinski definition) is 3. The van der Waals surface area contributed by atoms with E-state index in [-0.39, 0.29) is 6.10 Å². The first-order chi connectivity index (χ1) is 10.2. The van der Waals surface area contributed by atoms with Gasteiger partial charge in [-0.25, -0.2) is 0 Å². The van der Waals surface area contributed by atoms with Gasteiger partial charge in [0.1, 0.15) is 0 Å². The first kappa shape index (κ1) is 14.7. The van der Waals surface area contributed by atoms with Gasteiger partial charge in [-0.3, -0.25) is 0 Å². The Morgan fingerprint density at radius 2 is 1.76 bits per heavy atom. The van der Waals surface area contributed by atoms with Crippen LogP contribution in [0.25, 0.3) is 0 Å². The predicted molar refractivity (Wildman–Crippen MR) is 84.8 cm³/mol. The zero-order valence-corrected chi connectivity index (χ0v) is 13.4. The van der Waals surface area contributed by atoms with Crippen molar-refractivity contribution in [1.82, 2.24) is 5.32 Å². The van der Waals surface area contributed by atoms with Crippen LogP contribution in [0, 0.1) is 11.8 Å². The molecule has 0 heterocycles. The Bertz CT molecular complexity index is 466. The fourth-order valence-electron chi connectivity index (χ4n) is 3.04. The number of methoxy groups -OCH3 is 1. The molecule has 0 radical (unpaired) electrons. The average molecular weight is 289 g/mol. The summed E-state index contributed by atoms with van der Waals surface area (Å²) in [7, 11) is 1.71. The predicted octanol–water partition coefficient (Wildman–Crippen LogP) is 3.76. The molecule has 0 atom stereocenters. The molecule has 0 aromatic heterocycles. The van der Waals surface area contributed by atoms with Gasteiger partial charge in [0, 0.05) is 12.6 Å². The minimum absolute atomic E-state index is 0.164. The molecule has 0 saturated heterocycles. The second kappa shape index (κ2) is 6.27. The molecule has 3 rings (SSSR count). The van der Waals surface area contributed by atoms with Gasteiger partial charge in [0.2, 0.25) is 0 Å². The molecule has 2 aliphatic carbocycles. The van der Waals surface area contributed by atoms with E-state index in [1.165, 1.54) is 31.2 Å². The van der Waals surface area contributed by atoms with E-state index in [0.29, 0.717) is 0 Å². The molecule has 2 saturated carbocycles. The maximum atomic E-state index is 5.77. The molecule has 2 aliphatic rings. The Morgan fingerprint density at radius 1 is 1.10 bits per heavy atom. The van der Waals surface area contributed by atoms with E-state index in [4.69, 9.17) is 9.47 Å². The molecule has 1 aromatic carbocycles. The average Bonchev–Trinajstić information content (AvgIpc) is 3.33. The summed E-state index contributed by atoms with van der Waals surface area (Å²) in [6.45, 7) is 4.99. The molecule has 2 fully saturated rings. The lowest BCUT2D eigenvalue weighted by Crippen LogP contribution is -2.32. The van der Waals surface area contributed by atoms with Crippen LogP contribution in [0.1, 0.15) is 45.1 Å².